The van der Waals surface area contributed by atoms with E-state index >= 15 is 0 Å². The third-order valence-electron chi connectivity index (χ3n) is 2.61. The minimum Gasteiger partial charge on any atom is -0.313 e. The van der Waals surface area contributed by atoms with E-state index in [1.807, 2.05) is 0 Å². The quantitative estimate of drug-likeness (QED) is 0.907. The average Bonchev–Trinajstić information content (AvgIpc) is 3.05. The molecule has 17 heavy (non-hydrogen) atoms. The van der Waals surface area contributed by atoms with E-state index in [0.29, 0.717) is 17.6 Å². The molecule has 1 aromatic rings. The summed E-state index contributed by atoms with van der Waals surface area (Å²) in [6, 6.07) is 4.98. The third-order valence-corrected chi connectivity index (χ3v) is 5.04. The van der Waals surface area contributed by atoms with Gasteiger partial charge in [-0.25, -0.2) is 8.42 Å². The Morgan fingerprint density at radius 3 is 2.65 bits per heavy atom. The Labute approximate surface area is 111 Å². The fourth-order valence-electron chi connectivity index (χ4n) is 1.51. The first-order valence-electron chi connectivity index (χ1n) is 5.40. The van der Waals surface area contributed by atoms with Crippen LogP contribution in [0.1, 0.15) is 12.8 Å². The van der Waals surface area contributed by atoms with E-state index in [2.05, 4.69) is 5.32 Å². The number of nitrogens with one attached hydrogen (secondary N) is 1. The summed E-state index contributed by atoms with van der Waals surface area (Å²) in [6.07, 6.45) is 2.27. The molecule has 1 aliphatic rings. The van der Waals surface area contributed by atoms with Gasteiger partial charge < -0.3 is 5.32 Å². The number of halogens is 2. The molecule has 94 valence electrons. The maximum atomic E-state index is 12.0. The molecule has 0 heterocycles. The van der Waals surface area contributed by atoms with Crippen LogP contribution >= 0.6 is 23.2 Å². The predicted octanol–water partition coefficient (Wildman–Crippen LogP) is 2.52. The van der Waals surface area contributed by atoms with Gasteiger partial charge >= 0.3 is 0 Å². The minimum absolute atomic E-state index is 0.0452. The Hall–Kier alpha value is -0.290. The van der Waals surface area contributed by atoms with Crippen LogP contribution in [0.5, 0.6) is 0 Å². The molecule has 0 atom stereocenters. The monoisotopic (exact) mass is 293 g/mol. The summed E-state index contributed by atoms with van der Waals surface area (Å²) in [6.45, 7) is 0.454. The van der Waals surface area contributed by atoms with E-state index in [-0.39, 0.29) is 15.7 Å². The summed E-state index contributed by atoms with van der Waals surface area (Å²) < 4.78 is 24.0. The molecule has 0 spiro atoms. The summed E-state index contributed by atoms with van der Waals surface area (Å²) in [5.41, 5.74) is 0. The molecule has 6 heteroatoms. The highest BCUT2D eigenvalue weighted by molar-refractivity contribution is 7.91. The maximum Gasteiger partial charge on any atom is 0.181 e. The molecular weight excluding hydrogens is 281 g/mol. The van der Waals surface area contributed by atoms with Crippen molar-refractivity contribution >= 4 is 33.0 Å². The van der Waals surface area contributed by atoms with Crippen LogP contribution in [0.4, 0.5) is 0 Å². The van der Waals surface area contributed by atoms with Crippen molar-refractivity contribution in [2.75, 3.05) is 12.3 Å². The largest absolute Gasteiger partial charge is 0.313 e. The lowest BCUT2D eigenvalue weighted by Gasteiger charge is -2.07. The highest BCUT2D eigenvalue weighted by Crippen LogP contribution is 2.26. The molecular formula is C11H13Cl2NO2S. The van der Waals surface area contributed by atoms with Crippen LogP contribution in [-0.2, 0) is 9.84 Å². The molecule has 0 aliphatic heterocycles. The Morgan fingerprint density at radius 1 is 1.29 bits per heavy atom. The SMILES string of the molecule is O=S(=O)(CCNC1CC1)c1cc(Cl)ccc1Cl. The van der Waals surface area contributed by atoms with E-state index in [1.165, 1.54) is 12.1 Å². The average molecular weight is 294 g/mol. The van der Waals surface area contributed by atoms with Crippen LogP contribution in [0.25, 0.3) is 0 Å². The number of hydrogen-bond donors (Lipinski definition) is 1. The molecule has 0 amide bonds. The molecule has 3 nitrogen and oxygen atoms in total. The van der Waals surface area contributed by atoms with E-state index in [1.54, 1.807) is 6.07 Å². The minimum atomic E-state index is -3.36. The molecule has 1 aliphatic carbocycles. The van der Waals surface area contributed by atoms with Gasteiger partial charge in [-0.15, -0.1) is 0 Å². The molecule has 0 radical (unpaired) electrons. The highest BCUT2D eigenvalue weighted by atomic mass is 35.5. The second kappa shape index (κ2) is 5.14. The molecule has 0 bridgehead atoms. The van der Waals surface area contributed by atoms with Gasteiger partial charge in [0.2, 0.25) is 0 Å². The van der Waals surface area contributed by atoms with Crippen molar-refractivity contribution in [3.8, 4) is 0 Å². The smallest absolute Gasteiger partial charge is 0.181 e. The summed E-state index contributed by atoms with van der Waals surface area (Å²) in [5, 5.41) is 3.76. The first-order chi connectivity index (χ1) is 7.99. The van der Waals surface area contributed by atoms with Crippen molar-refractivity contribution in [2.45, 2.75) is 23.8 Å². The topological polar surface area (TPSA) is 46.2 Å². The number of hydrogen-bond acceptors (Lipinski definition) is 3. The maximum absolute atomic E-state index is 12.0. The zero-order valence-corrected chi connectivity index (χ0v) is 11.4. The Balaban J connectivity index is 2.09. The third kappa shape index (κ3) is 3.58. The van der Waals surface area contributed by atoms with Gasteiger partial charge in [0.1, 0.15) is 0 Å². The van der Waals surface area contributed by atoms with Crippen LogP contribution < -0.4 is 5.32 Å². The zero-order chi connectivity index (χ0) is 12.5. The van der Waals surface area contributed by atoms with E-state index in [0.717, 1.165) is 12.8 Å². The van der Waals surface area contributed by atoms with Crippen LogP contribution in [0.3, 0.4) is 0 Å². The molecule has 0 unspecified atom stereocenters. The van der Waals surface area contributed by atoms with Gasteiger partial charge in [0.05, 0.1) is 15.7 Å². The molecule has 1 saturated carbocycles. The fourth-order valence-corrected chi connectivity index (χ4v) is 3.50. The first kappa shape index (κ1) is 13.1. The number of rotatable bonds is 5. The van der Waals surface area contributed by atoms with Crippen molar-refractivity contribution in [3.63, 3.8) is 0 Å². The lowest BCUT2D eigenvalue weighted by atomic mass is 10.4. The standard InChI is InChI=1S/C11H13Cl2NO2S/c12-8-1-4-10(13)11(7-8)17(15,16)6-5-14-9-2-3-9/h1,4,7,9,14H,2-3,5-6H2. The Kier molecular flexibility index (Phi) is 3.98. The lowest BCUT2D eigenvalue weighted by Crippen LogP contribution is -2.24. The summed E-state index contributed by atoms with van der Waals surface area (Å²) in [7, 11) is -3.36. The van der Waals surface area contributed by atoms with E-state index in [9.17, 15) is 8.42 Å². The summed E-state index contributed by atoms with van der Waals surface area (Å²) in [4.78, 5) is 0.115. The van der Waals surface area contributed by atoms with E-state index < -0.39 is 9.84 Å². The first-order valence-corrected chi connectivity index (χ1v) is 7.81. The van der Waals surface area contributed by atoms with Crippen LogP contribution in [0, 0.1) is 0 Å². The molecule has 1 fully saturated rings. The van der Waals surface area contributed by atoms with Crippen molar-refractivity contribution in [1.29, 1.82) is 0 Å². The highest BCUT2D eigenvalue weighted by Gasteiger charge is 2.23. The van der Waals surface area contributed by atoms with Gasteiger partial charge in [0.25, 0.3) is 0 Å². The molecule has 0 aromatic heterocycles. The predicted molar refractivity (Wildman–Crippen MR) is 69.5 cm³/mol. The van der Waals surface area contributed by atoms with Crippen LogP contribution in [-0.4, -0.2) is 26.8 Å². The van der Waals surface area contributed by atoms with Crippen molar-refractivity contribution in [1.82, 2.24) is 5.32 Å². The molecule has 1 aromatic carbocycles. The Bertz CT molecular complexity index is 512. The second-order valence-electron chi connectivity index (χ2n) is 4.12. The summed E-state index contributed by atoms with van der Waals surface area (Å²) >= 11 is 11.7. The second-order valence-corrected chi connectivity index (χ2v) is 7.04. The molecule has 1 N–H and O–H groups in total. The zero-order valence-electron chi connectivity index (χ0n) is 9.12. The van der Waals surface area contributed by atoms with Crippen LogP contribution in [0.15, 0.2) is 23.1 Å². The Morgan fingerprint density at radius 2 is 2.00 bits per heavy atom. The van der Waals surface area contributed by atoms with Crippen molar-refractivity contribution in [2.24, 2.45) is 0 Å². The van der Waals surface area contributed by atoms with Gasteiger partial charge in [0.15, 0.2) is 9.84 Å². The van der Waals surface area contributed by atoms with Crippen LogP contribution in [0.2, 0.25) is 10.0 Å². The normalized spacial score (nSPS) is 16.1. The summed E-state index contributed by atoms with van der Waals surface area (Å²) in [5.74, 6) is 0.0452. The lowest BCUT2D eigenvalue weighted by molar-refractivity contribution is 0.590. The van der Waals surface area contributed by atoms with Gasteiger partial charge in [-0.1, -0.05) is 23.2 Å². The molecule has 2 rings (SSSR count). The number of sulfone groups is 1. The van der Waals surface area contributed by atoms with Gasteiger partial charge in [-0.05, 0) is 31.0 Å². The van der Waals surface area contributed by atoms with Crippen molar-refractivity contribution in [3.05, 3.63) is 28.2 Å². The van der Waals surface area contributed by atoms with Gasteiger partial charge in [-0.2, -0.15) is 0 Å². The van der Waals surface area contributed by atoms with Gasteiger partial charge in [0, 0.05) is 17.6 Å². The fraction of sp³-hybridized carbons (Fsp3) is 0.455. The van der Waals surface area contributed by atoms with Crippen molar-refractivity contribution < 1.29 is 8.42 Å². The van der Waals surface area contributed by atoms with Gasteiger partial charge in [-0.3, -0.25) is 0 Å². The van der Waals surface area contributed by atoms with E-state index in [4.69, 9.17) is 23.2 Å². The number of benzene rings is 1. The molecule has 0 saturated heterocycles.